The SMILES string of the molecule is CCC[C@H](CC(=O)O)NC(=O)CCNC(=O)c1ccccc1F. The number of benzene rings is 1. The van der Waals surface area contributed by atoms with Crippen LogP contribution in [0.2, 0.25) is 0 Å². The molecule has 126 valence electrons. The van der Waals surface area contributed by atoms with Crippen LogP contribution in [0.3, 0.4) is 0 Å². The molecule has 3 N–H and O–H groups in total. The van der Waals surface area contributed by atoms with Crippen molar-refractivity contribution in [1.29, 1.82) is 0 Å². The van der Waals surface area contributed by atoms with Crippen molar-refractivity contribution in [1.82, 2.24) is 10.6 Å². The Bertz CT molecular complexity index is 563. The largest absolute Gasteiger partial charge is 0.481 e. The predicted octanol–water partition coefficient (Wildman–Crippen LogP) is 1.71. The fourth-order valence-corrected chi connectivity index (χ4v) is 2.11. The maximum atomic E-state index is 13.4. The number of carboxylic acids is 1. The summed E-state index contributed by atoms with van der Waals surface area (Å²) in [7, 11) is 0. The van der Waals surface area contributed by atoms with E-state index in [4.69, 9.17) is 5.11 Å². The highest BCUT2D eigenvalue weighted by Crippen LogP contribution is 2.06. The number of hydrogen-bond acceptors (Lipinski definition) is 3. The molecule has 1 aromatic carbocycles. The van der Waals surface area contributed by atoms with Gasteiger partial charge in [0.1, 0.15) is 5.82 Å². The van der Waals surface area contributed by atoms with Gasteiger partial charge in [0.15, 0.2) is 0 Å². The molecule has 0 radical (unpaired) electrons. The molecule has 1 rings (SSSR count). The first-order chi connectivity index (χ1) is 10.9. The maximum Gasteiger partial charge on any atom is 0.305 e. The lowest BCUT2D eigenvalue weighted by Crippen LogP contribution is -2.38. The quantitative estimate of drug-likeness (QED) is 0.644. The van der Waals surface area contributed by atoms with Crippen molar-refractivity contribution in [3.63, 3.8) is 0 Å². The Kier molecular flexibility index (Phi) is 7.73. The van der Waals surface area contributed by atoms with Crippen LogP contribution in [0.1, 0.15) is 43.0 Å². The van der Waals surface area contributed by atoms with Crippen LogP contribution in [-0.4, -0.2) is 35.5 Å². The van der Waals surface area contributed by atoms with Crippen LogP contribution in [-0.2, 0) is 9.59 Å². The third-order valence-electron chi connectivity index (χ3n) is 3.18. The van der Waals surface area contributed by atoms with Crippen molar-refractivity contribution in [2.45, 2.75) is 38.6 Å². The molecule has 23 heavy (non-hydrogen) atoms. The number of aliphatic carboxylic acids is 1. The summed E-state index contributed by atoms with van der Waals surface area (Å²) in [5.74, 6) is -2.54. The minimum absolute atomic E-state index is 0.0000257. The standard InChI is InChI=1S/C16H21FN2O4/c1-2-5-11(10-15(21)22)19-14(20)8-9-18-16(23)12-6-3-4-7-13(12)17/h3-4,6-7,11H,2,5,8-10H2,1H3,(H,18,23)(H,19,20)(H,21,22)/t11-/m1/s1. The number of nitrogens with one attached hydrogen (secondary N) is 2. The van der Waals surface area contributed by atoms with E-state index in [0.717, 1.165) is 6.42 Å². The van der Waals surface area contributed by atoms with Crippen LogP contribution in [0.4, 0.5) is 4.39 Å². The van der Waals surface area contributed by atoms with E-state index in [9.17, 15) is 18.8 Å². The first-order valence-corrected chi connectivity index (χ1v) is 7.48. The van der Waals surface area contributed by atoms with Crippen molar-refractivity contribution in [2.24, 2.45) is 0 Å². The molecule has 0 aliphatic carbocycles. The second-order valence-corrected chi connectivity index (χ2v) is 5.14. The number of amides is 2. The number of hydrogen-bond donors (Lipinski definition) is 3. The fraction of sp³-hybridized carbons (Fsp3) is 0.438. The number of halogens is 1. The van der Waals surface area contributed by atoms with Crippen LogP contribution < -0.4 is 10.6 Å². The molecule has 2 amide bonds. The molecule has 6 nitrogen and oxygen atoms in total. The summed E-state index contributed by atoms with van der Waals surface area (Å²) in [5.41, 5.74) is -0.0809. The molecule has 0 heterocycles. The Balaban J connectivity index is 2.39. The Morgan fingerprint density at radius 2 is 1.96 bits per heavy atom. The van der Waals surface area contributed by atoms with E-state index in [2.05, 4.69) is 10.6 Å². The summed E-state index contributed by atoms with van der Waals surface area (Å²) in [6.45, 7) is 1.94. The Morgan fingerprint density at radius 1 is 1.26 bits per heavy atom. The zero-order valence-electron chi connectivity index (χ0n) is 13.0. The molecule has 0 spiro atoms. The smallest absolute Gasteiger partial charge is 0.305 e. The lowest BCUT2D eigenvalue weighted by atomic mass is 10.1. The number of rotatable bonds is 9. The van der Waals surface area contributed by atoms with Crippen molar-refractivity contribution in [3.05, 3.63) is 35.6 Å². The molecule has 1 aromatic rings. The van der Waals surface area contributed by atoms with Crippen molar-refractivity contribution >= 4 is 17.8 Å². The van der Waals surface area contributed by atoms with Gasteiger partial charge in [0, 0.05) is 19.0 Å². The highest BCUT2D eigenvalue weighted by atomic mass is 19.1. The second-order valence-electron chi connectivity index (χ2n) is 5.14. The fourth-order valence-electron chi connectivity index (χ4n) is 2.11. The van der Waals surface area contributed by atoms with Gasteiger partial charge in [0.25, 0.3) is 5.91 Å². The Morgan fingerprint density at radius 3 is 2.57 bits per heavy atom. The molecule has 7 heteroatoms. The van der Waals surface area contributed by atoms with Crippen LogP contribution in [0, 0.1) is 5.82 Å². The van der Waals surface area contributed by atoms with Crippen molar-refractivity contribution in [2.75, 3.05) is 6.54 Å². The van der Waals surface area contributed by atoms with E-state index < -0.39 is 23.7 Å². The van der Waals surface area contributed by atoms with Gasteiger partial charge in [-0.3, -0.25) is 14.4 Å². The van der Waals surface area contributed by atoms with Gasteiger partial charge in [-0.05, 0) is 18.6 Å². The molecular weight excluding hydrogens is 303 g/mol. The molecule has 0 bridgehead atoms. The molecule has 0 aliphatic rings. The average molecular weight is 324 g/mol. The predicted molar refractivity (Wildman–Crippen MR) is 82.4 cm³/mol. The highest BCUT2D eigenvalue weighted by molar-refractivity contribution is 5.94. The van der Waals surface area contributed by atoms with Crippen molar-refractivity contribution < 1.29 is 23.9 Å². The van der Waals surface area contributed by atoms with E-state index >= 15 is 0 Å². The van der Waals surface area contributed by atoms with E-state index in [1.165, 1.54) is 18.2 Å². The first-order valence-electron chi connectivity index (χ1n) is 7.48. The number of carboxylic acid groups (broad SMARTS) is 1. The summed E-state index contributed by atoms with van der Waals surface area (Å²) in [6.07, 6.45) is 1.18. The normalized spacial score (nSPS) is 11.6. The average Bonchev–Trinajstić information content (AvgIpc) is 2.47. The molecular formula is C16H21FN2O4. The second kappa shape index (κ2) is 9.55. The van der Waals surface area contributed by atoms with Gasteiger partial charge < -0.3 is 15.7 Å². The van der Waals surface area contributed by atoms with Crippen LogP contribution in [0.25, 0.3) is 0 Å². The van der Waals surface area contributed by atoms with Gasteiger partial charge >= 0.3 is 5.97 Å². The van der Waals surface area contributed by atoms with Gasteiger partial charge in [-0.1, -0.05) is 25.5 Å². The van der Waals surface area contributed by atoms with Crippen LogP contribution in [0.5, 0.6) is 0 Å². The van der Waals surface area contributed by atoms with E-state index in [1.807, 2.05) is 6.92 Å². The van der Waals surface area contributed by atoms with Crippen LogP contribution in [0.15, 0.2) is 24.3 Å². The van der Waals surface area contributed by atoms with Gasteiger partial charge in [-0.2, -0.15) is 0 Å². The van der Waals surface area contributed by atoms with Crippen LogP contribution >= 0.6 is 0 Å². The summed E-state index contributed by atoms with van der Waals surface area (Å²) in [5, 5.41) is 13.9. The zero-order valence-corrected chi connectivity index (χ0v) is 13.0. The van der Waals surface area contributed by atoms with Gasteiger partial charge in [-0.15, -0.1) is 0 Å². The van der Waals surface area contributed by atoms with E-state index in [1.54, 1.807) is 6.07 Å². The maximum absolute atomic E-state index is 13.4. The van der Waals surface area contributed by atoms with Gasteiger partial charge in [0.2, 0.25) is 5.91 Å². The zero-order chi connectivity index (χ0) is 17.2. The minimum atomic E-state index is -0.975. The summed E-state index contributed by atoms with van der Waals surface area (Å²) >= 11 is 0. The first kappa shape index (κ1) is 18.6. The molecule has 0 saturated heterocycles. The summed E-state index contributed by atoms with van der Waals surface area (Å²) < 4.78 is 13.4. The number of carbonyl (C=O) groups is 3. The Hall–Kier alpha value is -2.44. The molecule has 0 aromatic heterocycles. The highest BCUT2D eigenvalue weighted by Gasteiger charge is 2.15. The minimum Gasteiger partial charge on any atom is -0.481 e. The van der Waals surface area contributed by atoms with Gasteiger partial charge in [-0.25, -0.2) is 4.39 Å². The topological polar surface area (TPSA) is 95.5 Å². The molecule has 0 aliphatic heterocycles. The lowest BCUT2D eigenvalue weighted by molar-refractivity contribution is -0.137. The van der Waals surface area contributed by atoms with Crippen molar-refractivity contribution in [3.8, 4) is 0 Å². The monoisotopic (exact) mass is 324 g/mol. The summed E-state index contributed by atoms with van der Waals surface area (Å²) in [6, 6.07) is 5.15. The third-order valence-corrected chi connectivity index (χ3v) is 3.18. The summed E-state index contributed by atoms with van der Waals surface area (Å²) in [4.78, 5) is 34.2. The van der Waals surface area contributed by atoms with Gasteiger partial charge in [0.05, 0.1) is 12.0 Å². The van der Waals surface area contributed by atoms with E-state index in [0.29, 0.717) is 6.42 Å². The Labute approximate surface area is 134 Å². The lowest BCUT2D eigenvalue weighted by Gasteiger charge is -2.16. The number of carbonyl (C=O) groups excluding carboxylic acids is 2. The molecule has 0 saturated carbocycles. The van der Waals surface area contributed by atoms with E-state index in [-0.39, 0.29) is 30.9 Å². The third kappa shape index (κ3) is 6.90. The molecule has 0 fully saturated rings. The molecule has 0 unspecified atom stereocenters. The molecule has 1 atom stereocenters.